The number of methoxy groups -OCH3 is 1. The minimum atomic E-state index is -0.723. The molecule has 0 unspecified atom stereocenters. The largest absolute Gasteiger partial charge is 0.494 e. The van der Waals surface area contributed by atoms with Crippen LogP contribution in [0.25, 0.3) is 0 Å². The van der Waals surface area contributed by atoms with Gasteiger partial charge in [0.05, 0.1) is 18.2 Å². The highest BCUT2D eigenvalue weighted by molar-refractivity contribution is 9.12. The number of rotatable bonds is 1. The molecule has 0 aromatic rings. The Morgan fingerprint density at radius 3 is 2.69 bits per heavy atom. The Bertz CT molecular complexity index is 339. The number of epoxide rings is 1. The quantitative estimate of drug-likeness (QED) is 0.694. The minimum Gasteiger partial charge on any atom is -0.494 e. The molecule has 5 heteroatoms. The van der Waals surface area contributed by atoms with E-state index in [1.807, 2.05) is 0 Å². The molecule has 1 fully saturated rings. The van der Waals surface area contributed by atoms with E-state index in [-0.39, 0.29) is 5.78 Å². The lowest BCUT2D eigenvalue weighted by Crippen LogP contribution is -2.26. The number of ketones is 1. The maximum absolute atomic E-state index is 11.6. The predicted octanol–water partition coefficient (Wildman–Crippen LogP) is 1.87. The molecule has 0 saturated carbocycles. The summed E-state index contributed by atoms with van der Waals surface area (Å²) in [6, 6.07) is 0. The lowest BCUT2D eigenvalue weighted by atomic mass is 9.99. The van der Waals surface area contributed by atoms with Gasteiger partial charge in [-0.05, 0) is 37.9 Å². The van der Waals surface area contributed by atoms with Gasteiger partial charge < -0.3 is 9.47 Å². The van der Waals surface area contributed by atoms with E-state index in [2.05, 4.69) is 31.9 Å². The van der Waals surface area contributed by atoms with Crippen LogP contribution >= 0.6 is 31.9 Å². The summed E-state index contributed by atoms with van der Waals surface area (Å²) in [5, 5.41) is 0. The average molecular weight is 310 g/mol. The molecule has 3 nitrogen and oxygen atoms in total. The minimum absolute atomic E-state index is 0.0763. The van der Waals surface area contributed by atoms with Gasteiger partial charge in [0.1, 0.15) is 4.48 Å². The third-order valence-corrected chi connectivity index (χ3v) is 3.33. The first-order chi connectivity index (χ1) is 6.10. The van der Waals surface area contributed by atoms with Crippen LogP contribution in [0.3, 0.4) is 0 Å². The summed E-state index contributed by atoms with van der Waals surface area (Å²) in [5.41, 5.74) is -0.723. The molecule has 1 aliphatic heterocycles. The van der Waals surface area contributed by atoms with Crippen LogP contribution < -0.4 is 0 Å². The van der Waals surface area contributed by atoms with Gasteiger partial charge in [0.2, 0.25) is 5.78 Å². The Morgan fingerprint density at radius 2 is 2.23 bits per heavy atom. The van der Waals surface area contributed by atoms with Gasteiger partial charge in [0.15, 0.2) is 11.4 Å². The maximum atomic E-state index is 11.6. The number of allylic oxidation sites excluding steroid dienone is 1. The topological polar surface area (TPSA) is 38.8 Å². The summed E-state index contributed by atoms with van der Waals surface area (Å²) in [6.07, 6.45) is 1.74. The molecule has 1 heterocycles. The molecule has 0 amide bonds. The molecule has 1 spiro atoms. The van der Waals surface area contributed by atoms with Crippen LogP contribution in [0.5, 0.6) is 0 Å². The highest BCUT2D eigenvalue weighted by Crippen LogP contribution is 2.43. The predicted molar refractivity (Wildman–Crippen MR) is 53.7 cm³/mol. The fourth-order valence-corrected chi connectivity index (χ4v) is 2.92. The van der Waals surface area contributed by atoms with Crippen molar-refractivity contribution in [1.29, 1.82) is 0 Å². The highest BCUT2D eigenvalue weighted by atomic mass is 79.9. The number of hydrogen-bond donors (Lipinski definition) is 0. The number of hydrogen-bond acceptors (Lipinski definition) is 3. The summed E-state index contributed by atoms with van der Waals surface area (Å²) in [6.45, 7) is 0.451. The standard InChI is InChI=1S/C8H6Br2O3/c1-12-6-4(9)2-8(3-13-8)7(11)5(6)10/h2H,3H2,1H3/t8-/m1/s1. The van der Waals surface area contributed by atoms with Gasteiger partial charge in [-0.15, -0.1) is 0 Å². The van der Waals surface area contributed by atoms with E-state index >= 15 is 0 Å². The second kappa shape index (κ2) is 2.93. The van der Waals surface area contributed by atoms with Crippen molar-refractivity contribution in [2.24, 2.45) is 0 Å². The molecule has 2 rings (SSSR count). The zero-order valence-electron chi connectivity index (χ0n) is 6.77. The molecule has 1 aliphatic carbocycles. The van der Waals surface area contributed by atoms with Crippen molar-refractivity contribution in [1.82, 2.24) is 0 Å². The molecule has 13 heavy (non-hydrogen) atoms. The Morgan fingerprint density at radius 1 is 1.62 bits per heavy atom. The van der Waals surface area contributed by atoms with Gasteiger partial charge in [-0.2, -0.15) is 0 Å². The van der Waals surface area contributed by atoms with Crippen molar-refractivity contribution in [2.45, 2.75) is 5.60 Å². The number of Topliss-reactive ketones (excluding diaryl/α,β-unsaturated/α-hetero) is 1. The third kappa shape index (κ3) is 1.30. The molecule has 70 valence electrons. The monoisotopic (exact) mass is 308 g/mol. The van der Waals surface area contributed by atoms with E-state index in [0.29, 0.717) is 16.8 Å². The zero-order chi connectivity index (χ0) is 9.64. The van der Waals surface area contributed by atoms with Gasteiger partial charge in [-0.1, -0.05) is 0 Å². The van der Waals surface area contributed by atoms with Crippen LogP contribution in [-0.4, -0.2) is 25.1 Å². The molecule has 2 aliphatic rings. The van der Waals surface area contributed by atoms with Crippen molar-refractivity contribution < 1.29 is 14.3 Å². The third-order valence-electron chi connectivity index (χ3n) is 2.02. The fraction of sp³-hybridized carbons (Fsp3) is 0.375. The second-order valence-corrected chi connectivity index (χ2v) is 4.49. The molecule has 0 aromatic carbocycles. The summed E-state index contributed by atoms with van der Waals surface area (Å²) < 4.78 is 11.3. The van der Waals surface area contributed by atoms with Crippen molar-refractivity contribution in [3.8, 4) is 0 Å². The lowest BCUT2D eigenvalue weighted by Gasteiger charge is -2.16. The first-order valence-corrected chi connectivity index (χ1v) is 5.20. The molecule has 1 atom stereocenters. The van der Waals surface area contributed by atoms with Crippen molar-refractivity contribution in [3.05, 3.63) is 20.8 Å². The fourth-order valence-electron chi connectivity index (χ4n) is 1.21. The van der Waals surface area contributed by atoms with Gasteiger partial charge >= 0.3 is 0 Å². The van der Waals surface area contributed by atoms with Crippen LogP contribution in [0.15, 0.2) is 20.8 Å². The number of halogens is 2. The van der Waals surface area contributed by atoms with Crippen LogP contribution in [0.1, 0.15) is 0 Å². The Kier molecular flexibility index (Phi) is 2.13. The molecular weight excluding hydrogens is 304 g/mol. The normalized spacial score (nSPS) is 32.2. The first-order valence-electron chi connectivity index (χ1n) is 3.62. The van der Waals surface area contributed by atoms with E-state index in [4.69, 9.17) is 9.47 Å². The van der Waals surface area contributed by atoms with E-state index in [1.54, 1.807) is 6.08 Å². The number of carbonyl (C=O) groups is 1. The molecule has 1 saturated heterocycles. The van der Waals surface area contributed by atoms with Gasteiger partial charge in [-0.25, -0.2) is 0 Å². The summed E-state index contributed by atoms with van der Waals surface area (Å²) >= 11 is 6.50. The maximum Gasteiger partial charge on any atom is 0.211 e. The van der Waals surface area contributed by atoms with Crippen LogP contribution in [0.2, 0.25) is 0 Å². The average Bonchev–Trinajstić information content (AvgIpc) is 2.83. The Balaban J connectivity index is 2.46. The molecule has 0 N–H and O–H groups in total. The van der Waals surface area contributed by atoms with Crippen LogP contribution in [0, 0.1) is 0 Å². The van der Waals surface area contributed by atoms with Crippen molar-refractivity contribution in [3.63, 3.8) is 0 Å². The molecule has 0 aromatic heterocycles. The van der Waals surface area contributed by atoms with E-state index < -0.39 is 5.60 Å². The van der Waals surface area contributed by atoms with E-state index in [0.717, 1.165) is 4.48 Å². The van der Waals surface area contributed by atoms with Crippen LogP contribution in [0.4, 0.5) is 0 Å². The smallest absolute Gasteiger partial charge is 0.211 e. The van der Waals surface area contributed by atoms with Crippen LogP contribution in [-0.2, 0) is 14.3 Å². The second-order valence-electron chi connectivity index (χ2n) is 2.85. The Labute approximate surface area is 92.0 Å². The van der Waals surface area contributed by atoms with E-state index in [1.165, 1.54) is 7.11 Å². The number of carbonyl (C=O) groups excluding carboxylic acids is 1. The lowest BCUT2D eigenvalue weighted by molar-refractivity contribution is -0.118. The van der Waals surface area contributed by atoms with Crippen molar-refractivity contribution in [2.75, 3.05) is 13.7 Å². The zero-order valence-corrected chi connectivity index (χ0v) is 9.94. The SMILES string of the molecule is COC1=C(Br)C(=O)[C@@]2(C=C1Br)CO2. The van der Waals surface area contributed by atoms with Gasteiger partial charge in [-0.3, -0.25) is 4.79 Å². The summed E-state index contributed by atoms with van der Waals surface area (Å²) in [7, 11) is 1.52. The summed E-state index contributed by atoms with van der Waals surface area (Å²) in [4.78, 5) is 11.6. The van der Waals surface area contributed by atoms with Gasteiger partial charge in [0, 0.05) is 0 Å². The van der Waals surface area contributed by atoms with E-state index in [9.17, 15) is 4.79 Å². The molecule has 0 radical (unpaired) electrons. The molecular formula is C8H6Br2O3. The highest BCUT2D eigenvalue weighted by Gasteiger charge is 2.54. The molecule has 0 bridgehead atoms. The summed E-state index contributed by atoms with van der Waals surface area (Å²) in [5.74, 6) is 0.443. The van der Waals surface area contributed by atoms with Crippen molar-refractivity contribution >= 4 is 37.6 Å². The number of ether oxygens (including phenoxy) is 2. The Hall–Kier alpha value is -0.130. The van der Waals surface area contributed by atoms with Gasteiger partial charge in [0.25, 0.3) is 0 Å². The first kappa shape index (κ1) is 9.43.